The van der Waals surface area contributed by atoms with Gasteiger partial charge in [0.05, 0.1) is 21.7 Å². The van der Waals surface area contributed by atoms with Gasteiger partial charge in [0.25, 0.3) is 11.6 Å². The molecule has 1 aromatic heterocycles. The maximum Gasteiger partial charge on any atom is 0.279 e. The van der Waals surface area contributed by atoms with Crippen LogP contribution in [0.25, 0.3) is 10.2 Å². The van der Waals surface area contributed by atoms with Gasteiger partial charge in [-0.05, 0) is 37.1 Å². The van der Waals surface area contributed by atoms with E-state index in [-0.39, 0.29) is 11.6 Å². The number of rotatable bonds is 8. The van der Waals surface area contributed by atoms with Crippen molar-refractivity contribution in [2.45, 2.75) is 39.7 Å². The van der Waals surface area contributed by atoms with Crippen molar-refractivity contribution in [2.75, 3.05) is 6.61 Å². The smallest absolute Gasteiger partial charge is 0.279 e. The van der Waals surface area contributed by atoms with Gasteiger partial charge < -0.3 is 9.30 Å². The zero-order valence-electron chi connectivity index (χ0n) is 16.5. The summed E-state index contributed by atoms with van der Waals surface area (Å²) in [4.78, 5) is 28.3. The largest absolute Gasteiger partial charge is 0.494 e. The van der Waals surface area contributed by atoms with E-state index in [1.54, 1.807) is 24.3 Å². The van der Waals surface area contributed by atoms with Gasteiger partial charge in [0.2, 0.25) is 0 Å². The van der Waals surface area contributed by atoms with E-state index in [9.17, 15) is 14.9 Å². The average Bonchev–Trinajstić information content (AvgIpc) is 3.05. The molecule has 152 valence electrons. The SMILES string of the molecule is CCCCOc1cccc(C(=O)N=c2sc3cc([N+](=O)[O-])ccc3n2CCC)c1. The second-order valence-corrected chi connectivity index (χ2v) is 7.60. The third-order valence-electron chi connectivity index (χ3n) is 4.37. The minimum atomic E-state index is -0.421. The number of unbranched alkanes of at least 4 members (excludes halogenated alkanes) is 1. The summed E-state index contributed by atoms with van der Waals surface area (Å²) in [6, 6.07) is 11.7. The Morgan fingerprint density at radius 3 is 2.76 bits per heavy atom. The maximum atomic E-state index is 12.8. The second kappa shape index (κ2) is 9.47. The molecular formula is C21H23N3O4S. The van der Waals surface area contributed by atoms with E-state index in [1.807, 2.05) is 17.6 Å². The first kappa shape index (κ1) is 20.7. The lowest BCUT2D eigenvalue weighted by Crippen LogP contribution is -2.16. The molecule has 0 unspecified atom stereocenters. The third kappa shape index (κ3) is 4.89. The summed E-state index contributed by atoms with van der Waals surface area (Å²) in [5.41, 5.74) is 1.31. The summed E-state index contributed by atoms with van der Waals surface area (Å²) in [7, 11) is 0. The predicted octanol–water partition coefficient (Wildman–Crippen LogP) is 4.94. The molecule has 0 spiro atoms. The van der Waals surface area contributed by atoms with Crippen LogP contribution in [-0.2, 0) is 6.54 Å². The summed E-state index contributed by atoms with van der Waals surface area (Å²) >= 11 is 1.28. The number of non-ortho nitro benzene ring substituents is 1. The first-order valence-electron chi connectivity index (χ1n) is 9.63. The predicted molar refractivity (Wildman–Crippen MR) is 113 cm³/mol. The molecule has 8 heteroatoms. The molecule has 0 atom stereocenters. The number of carbonyl (C=O) groups is 1. The van der Waals surface area contributed by atoms with Crippen molar-refractivity contribution < 1.29 is 14.5 Å². The number of benzene rings is 2. The minimum Gasteiger partial charge on any atom is -0.494 e. The number of nitrogens with zero attached hydrogens (tertiary/aromatic N) is 3. The Labute approximate surface area is 172 Å². The van der Waals surface area contributed by atoms with Crippen LogP contribution in [0.1, 0.15) is 43.5 Å². The molecule has 7 nitrogen and oxygen atoms in total. The molecule has 0 saturated carbocycles. The number of carbonyl (C=O) groups excluding carboxylic acids is 1. The number of amides is 1. The van der Waals surface area contributed by atoms with Gasteiger partial charge in [-0.1, -0.05) is 37.7 Å². The van der Waals surface area contributed by atoms with Crippen molar-refractivity contribution in [3.05, 3.63) is 62.9 Å². The Morgan fingerprint density at radius 1 is 1.21 bits per heavy atom. The molecule has 29 heavy (non-hydrogen) atoms. The highest BCUT2D eigenvalue weighted by molar-refractivity contribution is 7.16. The lowest BCUT2D eigenvalue weighted by atomic mass is 10.2. The molecule has 1 heterocycles. The van der Waals surface area contributed by atoms with E-state index in [0.29, 0.717) is 29.3 Å². The molecular weight excluding hydrogens is 390 g/mol. The molecule has 3 aromatic rings. The van der Waals surface area contributed by atoms with E-state index in [2.05, 4.69) is 11.9 Å². The number of thiazole rings is 1. The Balaban J connectivity index is 1.98. The van der Waals surface area contributed by atoms with Crippen molar-refractivity contribution in [2.24, 2.45) is 4.99 Å². The zero-order valence-corrected chi connectivity index (χ0v) is 17.3. The van der Waals surface area contributed by atoms with Crippen molar-refractivity contribution in [3.63, 3.8) is 0 Å². The van der Waals surface area contributed by atoms with Crippen LogP contribution in [0.3, 0.4) is 0 Å². The fourth-order valence-electron chi connectivity index (χ4n) is 2.91. The van der Waals surface area contributed by atoms with Crippen LogP contribution < -0.4 is 9.54 Å². The number of ether oxygens (including phenoxy) is 1. The van der Waals surface area contributed by atoms with Crippen molar-refractivity contribution in [1.82, 2.24) is 4.57 Å². The van der Waals surface area contributed by atoms with Gasteiger partial charge in [0.1, 0.15) is 5.75 Å². The number of hydrogen-bond donors (Lipinski definition) is 0. The number of aryl methyl sites for hydroxylation is 1. The van der Waals surface area contributed by atoms with Crippen molar-refractivity contribution in [1.29, 1.82) is 0 Å². The fourth-order valence-corrected chi connectivity index (χ4v) is 3.99. The highest BCUT2D eigenvalue weighted by atomic mass is 32.1. The van der Waals surface area contributed by atoms with Gasteiger partial charge in [0.15, 0.2) is 4.80 Å². The van der Waals surface area contributed by atoms with Crippen LogP contribution in [0.5, 0.6) is 5.75 Å². The summed E-state index contributed by atoms with van der Waals surface area (Å²) < 4.78 is 8.34. The van der Waals surface area contributed by atoms with Gasteiger partial charge >= 0.3 is 0 Å². The van der Waals surface area contributed by atoms with Crippen LogP contribution in [-0.4, -0.2) is 22.0 Å². The summed E-state index contributed by atoms with van der Waals surface area (Å²) in [5.74, 6) is 0.282. The van der Waals surface area contributed by atoms with E-state index < -0.39 is 4.92 Å². The molecule has 0 aliphatic carbocycles. The lowest BCUT2D eigenvalue weighted by Gasteiger charge is -2.06. The van der Waals surface area contributed by atoms with E-state index in [0.717, 1.165) is 29.5 Å². The molecule has 0 fully saturated rings. The maximum absolute atomic E-state index is 12.8. The molecule has 0 aliphatic rings. The van der Waals surface area contributed by atoms with Gasteiger partial charge in [-0.3, -0.25) is 14.9 Å². The molecule has 1 amide bonds. The lowest BCUT2D eigenvalue weighted by molar-refractivity contribution is -0.384. The first-order valence-corrected chi connectivity index (χ1v) is 10.4. The zero-order chi connectivity index (χ0) is 20.8. The van der Waals surface area contributed by atoms with Crippen LogP contribution in [0.2, 0.25) is 0 Å². The second-order valence-electron chi connectivity index (χ2n) is 6.59. The van der Waals surface area contributed by atoms with Crippen molar-refractivity contribution in [3.8, 4) is 5.75 Å². The molecule has 0 radical (unpaired) electrons. The van der Waals surface area contributed by atoms with Gasteiger partial charge in [0, 0.05) is 24.2 Å². The minimum absolute atomic E-state index is 0.0252. The monoisotopic (exact) mass is 413 g/mol. The molecule has 0 bridgehead atoms. The fraction of sp³-hybridized carbons (Fsp3) is 0.333. The Kier molecular flexibility index (Phi) is 6.77. The highest BCUT2D eigenvalue weighted by Gasteiger charge is 2.13. The third-order valence-corrected chi connectivity index (χ3v) is 5.41. The van der Waals surface area contributed by atoms with E-state index in [4.69, 9.17) is 4.74 Å². The molecule has 3 rings (SSSR count). The van der Waals surface area contributed by atoms with Gasteiger partial charge in [-0.15, -0.1) is 0 Å². The van der Waals surface area contributed by atoms with Gasteiger partial charge in [-0.2, -0.15) is 4.99 Å². The first-order chi connectivity index (χ1) is 14.0. The Bertz CT molecular complexity index is 1100. The van der Waals surface area contributed by atoms with E-state index in [1.165, 1.54) is 23.5 Å². The molecule has 0 aliphatic heterocycles. The topological polar surface area (TPSA) is 86.7 Å². The highest BCUT2D eigenvalue weighted by Crippen LogP contribution is 2.23. The number of aromatic nitrogens is 1. The number of nitro benzene ring substituents is 1. The van der Waals surface area contributed by atoms with Crippen molar-refractivity contribution >= 4 is 33.1 Å². The quantitative estimate of drug-likeness (QED) is 0.297. The average molecular weight is 413 g/mol. The Hall–Kier alpha value is -3.00. The number of hydrogen-bond acceptors (Lipinski definition) is 5. The number of nitro groups is 1. The van der Waals surface area contributed by atoms with Crippen LogP contribution >= 0.6 is 11.3 Å². The number of fused-ring (bicyclic) bond motifs is 1. The van der Waals surface area contributed by atoms with Gasteiger partial charge in [-0.25, -0.2) is 0 Å². The standard InChI is InChI=1S/C21H23N3O4S/c1-3-5-12-28-17-8-6-7-15(13-17)20(25)22-21-23(11-4-2)18-10-9-16(24(26)27)14-19(18)29-21/h6-10,13-14H,3-5,11-12H2,1-2H3. The summed E-state index contributed by atoms with van der Waals surface area (Å²) in [6.45, 7) is 5.40. The summed E-state index contributed by atoms with van der Waals surface area (Å²) in [6.07, 6.45) is 2.84. The van der Waals surface area contributed by atoms with E-state index >= 15 is 0 Å². The normalized spacial score (nSPS) is 11.7. The molecule has 0 N–H and O–H groups in total. The Morgan fingerprint density at radius 2 is 2.03 bits per heavy atom. The van der Waals surface area contributed by atoms with Crippen LogP contribution in [0, 0.1) is 10.1 Å². The molecule has 2 aromatic carbocycles. The summed E-state index contributed by atoms with van der Waals surface area (Å²) in [5, 5.41) is 11.1. The van der Waals surface area contributed by atoms with Crippen LogP contribution in [0.15, 0.2) is 47.5 Å². The van der Waals surface area contributed by atoms with Crippen LogP contribution in [0.4, 0.5) is 5.69 Å². The molecule has 0 saturated heterocycles.